The molecule has 0 aliphatic rings. The van der Waals surface area contributed by atoms with E-state index in [9.17, 15) is 4.79 Å². The smallest absolute Gasteiger partial charge is 0.261 e. The lowest BCUT2D eigenvalue weighted by molar-refractivity contribution is 0.102. The number of carbonyl (C=O) groups is 1. The van der Waals surface area contributed by atoms with Crippen LogP contribution in [0.3, 0.4) is 0 Å². The van der Waals surface area contributed by atoms with Gasteiger partial charge in [-0.1, -0.05) is 12.1 Å². The third-order valence-electron chi connectivity index (χ3n) is 3.57. The Morgan fingerprint density at radius 3 is 2.62 bits per heavy atom. The van der Waals surface area contributed by atoms with Gasteiger partial charge in [0, 0.05) is 5.39 Å². The normalized spacial score (nSPS) is 10.4. The van der Waals surface area contributed by atoms with Gasteiger partial charge in [-0.3, -0.25) is 10.2 Å². The number of benzene rings is 2. The minimum atomic E-state index is -0.446. The lowest BCUT2D eigenvalue weighted by Gasteiger charge is -2.10. The van der Waals surface area contributed by atoms with Gasteiger partial charge in [0.25, 0.3) is 5.91 Å². The third-order valence-corrected chi connectivity index (χ3v) is 3.57. The minimum Gasteiger partial charge on any atom is -0.497 e. The summed E-state index contributed by atoms with van der Waals surface area (Å²) in [6.07, 6.45) is 0. The fraction of sp³-hybridized carbons (Fsp3) is 0.111. The number of methoxy groups -OCH3 is 2. The van der Waals surface area contributed by atoms with Crippen molar-refractivity contribution in [1.29, 1.82) is 5.41 Å². The van der Waals surface area contributed by atoms with E-state index in [1.807, 2.05) is 6.07 Å². The van der Waals surface area contributed by atoms with Gasteiger partial charge in [-0.15, -0.1) is 0 Å². The Morgan fingerprint density at radius 2 is 1.88 bits per heavy atom. The molecule has 0 saturated carbocycles. The standard InChI is InChI=1S/C18H16N2O4/c1-22-12-7-8-15-11(9-12)10-13(17(19)24-15)18(21)20-14-5-3-4-6-16(14)23-2/h3-10,19H,1-2H3,(H,20,21). The van der Waals surface area contributed by atoms with E-state index in [0.717, 1.165) is 0 Å². The van der Waals surface area contributed by atoms with Crippen LogP contribution in [0.25, 0.3) is 11.0 Å². The molecule has 2 aromatic carbocycles. The zero-order chi connectivity index (χ0) is 17.1. The van der Waals surface area contributed by atoms with Gasteiger partial charge in [0.15, 0.2) is 0 Å². The van der Waals surface area contributed by atoms with Crippen molar-refractivity contribution >= 4 is 22.6 Å². The monoisotopic (exact) mass is 324 g/mol. The van der Waals surface area contributed by atoms with Crippen LogP contribution < -0.4 is 20.3 Å². The second-order valence-electron chi connectivity index (χ2n) is 5.05. The van der Waals surface area contributed by atoms with E-state index in [1.165, 1.54) is 7.11 Å². The van der Waals surface area contributed by atoms with Crippen molar-refractivity contribution in [2.75, 3.05) is 19.5 Å². The molecule has 1 amide bonds. The van der Waals surface area contributed by atoms with Gasteiger partial charge in [0.1, 0.15) is 22.6 Å². The molecular weight excluding hydrogens is 308 g/mol. The number of hydrogen-bond donors (Lipinski definition) is 2. The summed E-state index contributed by atoms with van der Waals surface area (Å²) < 4.78 is 15.8. The molecule has 3 rings (SSSR count). The number of amides is 1. The maximum atomic E-state index is 12.5. The Kier molecular flexibility index (Phi) is 4.20. The lowest BCUT2D eigenvalue weighted by atomic mass is 10.1. The Bertz CT molecular complexity index is 963. The molecular formula is C18H16N2O4. The predicted molar refractivity (Wildman–Crippen MR) is 89.6 cm³/mol. The average Bonchev–Trinajstić information content (AvgIpc) is 2.61. The van der Waals surface area contributed by atoms with E-state index in [-0.39, 0.29) is 11.1 Å². The van der Waals surface area contributed by atoms with E-state index in [0.29, 0.717) is 28.2 Å². The van der Waals surface area contributed by atoms with E-state index in [1.54, 1.807) is 49.6 Å². The second kappa shape index (κ2) is 6.45. The van der Waals surface area contributed by atoms with Crippen molar-refractivity contribution in [2.45, 2.75) is 0 Å². The first kappa shape index (κ1) is 15.6. The molecule has 0 unspecified atom stereocenters. The molecule has 1 aromatic heterocycles. The molecule has 0 aliphatic carbocycles. The minimum absolute atomic E-state index is 0.127. The third kappa shape index (κ3) is 2.94. The first-order valence-electron chi connectivity index (χ1n) is 7.23. The summed E-state index contributed by atoms with van der Waals surface area (Å²) in [6.45, 7) is 0. The van der Waals surface area contributed by atoms with E-state index >= 15 is 0 Å². The summed E-state index contributed by atoms with van der Waals surface area (Å²) in [6, 6.07) is 13.9. The quantitative estimate of drug-likeness (QED) is 0.772. The number of rotatable bonds is 4. The Hall–Kier alpha value is -3.28. The number of nitrogens with one attached hydrogen (secondary N) is 2. The molecule has 0 bridgehead atoms. The van der Waals surface area contributed by atoms with Crippen LogP contribution >= 0.6 is 0 Å². The van der Waals surface area contributed by atoms with Crippen LogP contribution in [0.4, 0.5) is 5.69 Å². The number of ether oxygens (including phenoxy) is 2. The van der Waals surface area contributed by atoms with Crippen LogP contribution in [-0.2, 0) is 0 Å². The highest BCUT2D eigenvalue weighted by Crippen LogP contribution is 2.24. The van der Waals surface area contributed by atoms with Crippen molar-refractivity contribution in [1.82, 2.24) is 0 Å². The zero-order valence-corrected chi connectivity index (χ0v) is 13.3. The molecule has 0 saturated heterocycles. The van der Waals surface area contributed by atoms with Crippen LogP contribution in [0.2, 0.25) is 0 Å². The highest BCUT2D eigenvalue weighted by atomic mass is 16.5. The van der Waals surface area contributed by atoms with Gasteiger partial charge in [-0.05, 0) is 36.4 Å². The SMILES string of the molecule is COc1ccc2oc(=N)c(C(=O)Nc3ccccc3OC)cc2c1. The zero-order valence-electron chi connectivity index (χ0n) is 13.3. The maximum absolute atomic E-state index is 12.5. The summed E-state index contributed by atoms with van der Waals surface area (Å²) in [5.74, 6) is 0.737. The molecule has 0 fully saturated rings. The number of carbonyl (C=O) groups excluding carboxylic acids is 1. The number of fused-ring (bicyclic) bond motifs is 1. The summed E-state index contributed by atoms with van der Waals surface area (Å²) in [5, 5.41) is 11.4. The van der Waals surface area contributed by atoms with E-state index in [4.69, 9.17) is 19.3 Å². The maximum Gasteiger partial charge on any atom is 0.261 e. The number of hydrogen-bond acceptors (Lipinski definition) is 5. The first-order valence-corrected chi connectivity index (χ1v) is 7.23. The van der Waals surface area contributed by atoms with Crippen molar-refractivity contribution in [3.8, 4) is 11.5 Å². The molecule has 3 aromatic rings. The van der Waals surface area contributed by atoms with Crippen LogP contribution in [0, 0.1) is 5.41 Å². The van der Waals surface area contributed by atoms with Crippen molar-refractivity contribution in [3.05, 3.63) is 59.6 Å². The van der Waals surface area contributed by atoms with Gasteiger partial charge < -0.3 is 19.2 Å². The second-order valence-corrected chi connectivity index (χ2v) is 5.05. The Morgan fingerprint density at radius 1 is 1.08 bits per heavy atom. The van der Waals surface area contributed by atoms with Gasteiger partial charge in [0.05, 0.1) is 19.9 Å². The topological polar surface area (TPSA) is 84.5 Å². The fourth-order valence-corrected chi connectivity index (χ4v) is 2.35. The van der Waals surface area contributed by atoms with Gasteiger partial charge >= 0.3 is 0 Å². The Balaban J connectivity index is 2.00. The molecule has 0 radical (unpaired) electrons. The van der Waals surface area contributed by atoms with E-state index in [2.05, 4.69) is 5.32 Å². The number of para-hydroxylation sites is 2. The molecule has 1 heterocycles. The highest BCUT2D eigenvalue weighted by Gasteiger charge is 2.14. The van der Waals surface area contributed by atoms with Crippen LogP contribution in [-0.4, -0.2) is 20.1 Å². The molecule has 2 N–H and O–H groups in total. The van der Waals surface area contributed by atoms with Crippen molar-refractivity contribution < 1.29 is 18.7 Å². The summed E-state index contributed by atoms with van der Waals surface area (Å²) >= 11 is 0. The largest absolute Gasteiger partial charge is 0.497 e. The van der Waals surface area contributed by atoms with Gasteiger partial charge in [0.2, 0.25) is 5.55 Å². The first-order chi connectivity index (χ1) is 11.6. The average molecular weight is 324 g/mol. The Labute approximate surface area is 138 Å². The van der Waals surface area contributed by atoms with E-state index < -0.39 is 5.91 Å². The molecule has 24 heavy (non-hydrogen) atoms. The summed E-state index contributed by atoms with van der Waals surface area (Å²) in [7, 11) is 3.09. The van der Waals surface area contributed by atoms with Gasteiger partial charge in [-0.2, -0.15) is 0 Å². The van der Waals surface area contributed by atoms with Gasteiger partial charge in [-0.25, -0.2) is 0 Å². The van der Waals surface area contributed by atoms with Crippen LogP contribution in [0.1, 0.15) is 10.4 Å². The molecule has 0 atom stereocenters. The van der Waals surface area contributed by atoms with Crippen LogP contribution in [0.5, 0.6) is 11.5 Å². The molecule has 6 nitrogen and oxygen atoms in total. The molecule has 6 heteroatoms. The molecule has 0 spiro atoms. The van der Waals surface area contributed by atoms with Crippen molar-refractivity contribution in [3.63, 3.8) is 0 Å². The van der Waals surface area contributed by atoms with Crippen LogP contribution in [0.15, 0.2) is 52.9 Å². The fourth-order valence-electron chi connectivity index (χ4n) is 2.35. The summed E-state index contributed by atoms with van der Waals surface area (Å²) in [4.78, 5) is 12.5. The lowest BCUT2D eigenvalue weighted by Crippen LogP contribution is -2.21. The molecule has 0 aliphatic heterocycles. The predicted octanol–water partition coefficient (Wildman–Crippen LogP) is 3.18. The highest BCUT2D eigenvalue weighted by molar-refractivity contribution is 6.06. The van der Waals surface area contributed by atoms with Crippen molar-refractivity contribution in [2.24, 2.45) is 0 Å². The summed E-state index contributed by atoms with van der Waals surface area (Å²) in [5.41, 5.74) is 0.950. The molecule has 122 valence electrons. The number of anilines is 1.